The van der Waals surface area contributed by atoms with Crippen molar-refractivity contribution >= 4 is 7.82 Å². The molecule has 0 saturated carbocycles. The number of allylic oxidation sites excluding steroid dienone is 1. The van der Waals surface area contributed by atoms with Crippen molar-refractivity contribution in [2.45, 2.75) is 109 Å². The third kappa shape index (κ3) is 17.5. The molecule has 1 N–H and O–H groups in total. The minimum absolute atomic E-state index is 0.0476. The minimum Gasteiger partial charge on any atom is -0.412 e. The van der Waals surface area contributed by atoms with Crippen molar-refractivity contribution in [2.24, 2.45) is 0 Å². The largest absolute Gasteiger partial charge is 0.526 e. The van der Waals surface area contributed by atoms with E-state index in [-0.39, 0.29) is 12.7 Å². The van der Waals surface area contributed by atoms with Gasteiger partial charge in [-0.2, -0.15) is 0 Å². The standard InChI is InChI=1S/C21H41O5P/c1-2-3-4-5-6-7-8-9-10-11-12-13-14-15-16-17-18-25-27(22,23)26-20-21-19-24-21/h17-18,21H,2-16,19-20H2,1H3,(H,22,23). The molecule has 1 saturated heterocycles. The molecule has 1 aliphatic rings. The van der Waals surface area contributed by atoms with E-state index < -0.39 is 7.82 Å². The van der Waals surface area contributed by atoms with Crippen LogP contribution in [-0.2, 0) is 18.3 Å². The average molecular weight is 405 g/mol. The van der Waals surface area contributed by atoms with Gasteiger partial charge in [0.1, 0.15) is 6.10 Å². The van der Waals surface area contributed by atoms with E-state index in [0.29, 0.717) is 6.61 Å². The number of phosphoric acid groups is 1. The van der Waals surface area contributed by atoms with Crippen molar-refractivity contribution < 1.29 is 23.2 Å². The Morgan fingerprint density at radius 2 is 1.41 bits per heavy atom. The predicted octanol–water partition coefficient (Wildman–Crippen LogP) is 6.90. The van der Waals surface area contributed by atoms with E-state index in [2.05, 4.69) is 6.92 Å². The maximum absolute atomic E-state index is 11.5. The van der Waals surface area contributed by atoms with Crippen LogP contribution in [0.5, 0.6) is 0 Å². The average Bonchev–Trinajstić information content (AvgIpc) is 3.47. The van der Waals surface area contributed by atoms with E-state index in [9.17, 15) is 9.46 Å². The molecule has 27 heavy (non-hydrogen) atoms. The second-order valence-electron chi connectivity index (χ2n) is 7.58. The van der Waals surface area contributed by atoms with Gasteiger partial charge in [-0.25, -0.2) is 4.57 Å². The van der Waals surface area contributed by atoms with E-state index in [0.717, 1.165) is 12.8 Å². The molecule has 5 nitrogen and oxygen atoms in total. The maximum Gasteiger partial charge on any atom is 0.526 e. The molecule has 0 aromatic heterocycles. The fraction of sp³-hybridized carbons (Fsp3) is 0.905. The van der Waals surface area contributed by atoms with Gasteiger partial charge in [0, 0.05) is 0 Å². The Hall–Kier alpha value is -0.350. The molecular formula is C21H41O5P. The van der Waals surface area contributed by atoms with Gasteiger partial charge >= 0.3 is 7.82 Å². The summed E-state index contributed by atoms with van der Waals surface area (Å²) in [4.78, 5) is 9.42. The van der Waals surface area contributed by atoms with Gasteiger partial charge in [-0.15, -0.1) is 0 Å². The summed E-state index contributed by atoms with van der Waals surface area (Å²) < 4.78 is 26.0. The van der Waals surface area contributed by atoms with Gasteiger partial charge < -0.3 is 9.26 Å². The summed E-state index contributed by atoms with van der Waals surface area (Å²) >= 11 is 0. The molecule has 6 heteroatoms. The van der Waals surface area contributed by atoms with E-state index in [4.69, 9.17) is 13.8 Å². The van der Waals surface area contributed by atoms with Crippen LogP contribution in [0.2, 0.25) is 0 Å². The van der Waals surface area contributed by atoms with Gasteiger partial charge in [0.15, 0.2) is 0 Å². The number of rotatable bonds is 20. The number of ether oxygens (including phenoxy) is 1. The second kappa shape index (κ2) is 16.6. The van der Waals surface area contributed by atoms with Gasteiger partial charge in [0.05, 0.1) is 19.5 Å². The van der Waals surface area contributed by atoms with Crippen molar-refractivity contribution in [3.8, 4) is 0 Å². The molecule has 0 bridgehead atoms. The zero-order valence-electron chi connectivity index (χ0n) is 17.3. The number of epoxide rings is 1. The summed E-state index contributed by atoms with van der Waals surface area (Å²) in [5.41, 5.74) is 0. The lowest BCUT2D eigenvalue weighted by molar-refractivity contribution is 0.172. The van der Waals surface area contributed by atoms with Crippen LogP contribution in [0.25, 0.3) is 0 Å². The van der Waals surface area contributed by atoms with Crippen molar-refractivity contribution in [3.63, 3.8) is 0 Å². The van der Waals surface area contributed by atoms with Gasteiger partial charge in [0.25, 0.3) is 0 Å². The molecule has 0 radical (unpaired) electrons. The molecule has 160 valence electrons. The van der Waals surface area contributed by atoms with Crippen LogP contribution in [0.4, 0.5) is 0 Å². The van der Waals surface area contributed by atoms with E-state index in [1.807, 2.05) is 0 Å². The topological polar surface area (TPSA) is 68.3 Å². The summed E-state index contributed by atoms with van der Waals surface area (Å²) in [6, 6.07) is 0. The minimum atomic E-state index is -3.96. The van der Waals surface area contributed by atoms with Crippen molar-refractivity contribution in [1.82, 2.24) is 0 Å². The molecule has 0 aliphatic carbocycles. The molecule has 0 aromatic rings. The Morgan fingerprint density at radius 1 is 0.926 bits per heavy atom. The van der Waals surface area contributed by atoms with Gasteiger partial charge in [-0.3, -0.25) is 9.42 Å². The Kier molecular flexibility index (Phi) is 15.2. The Labute approximate surface area is 166 Å². The van der Waals surface area contributed by atoms with Crippen molar-refractivity contribution in [1.29, 1.82) is 0 Å². The van der Waals surface area contributed by atoms with Crippen LogP contribution >= 0.6 is 7.82 Å². The Bertz CT molecular complexity index is 409. The summed E-state index contributed by atoms with van der Waals surface area (Å²) in [5, 5.41) is 0. The van der Waals surface area contributed by atoms with Gasteiger partial charge in [-0.05, 0) is 18.9 Å². The Balaban J connectivity index is 1.76. The third-order valence-electron chi connectivity index (χ3n) is 4.84. The summed E-state index contributed by atoms with van der Waals surface area (Å²) in [5.74, 6) is 0. The fourth-order valence-electron chi connectivity index (χ4n) is 3.02. The third-order valence-corrected chi connectivity index (χ3v) is 5.70. The molecule has 1 heterocycles. The molecule has 1 fully saturated rings. The highest BCUT2D eigenvalue weighted by atomic mass is 31.2. The number of unbranched alkanes of at least 4 members (excludes halogenated alkanes) is 14. The summed E-state index contributed by atoms with van der Waals surface area (Å²) in [6.07, 6.45) is 22.7. The summed E-state index contributed by atoms with van der Waals surface area (Å²) in [7, 11) is -3.96. The van der Waals surface area contributed by atoms with Crippen molar-refractivity contribution in [2.75, 3.05) is 13.2 Å². The molecule has 2 atom stereocenters. The predicted molar refractivity (Wildman–Crippen MR) is 111 cm³/mol. The Morgan fingerprint density at radius 3 is 1.89 bits per heavy atom. The fourth-order valence-corrected chi connectivity index (χ4v) is 3.67. The van der Waals surface area contributed by atoms with Crippen LogP contribution in [0, 0.1) is 0 Å². The monoisotopic (exact) mass is 404 g/mol. The normalized spacial score (nSPS) is 18.7. The lowest BCUT2D eigenvalue weighted by Gasteiger charge is -2.08. The smallest absolute Gasteiger partial charge is 0.412 e. The lowest BCUT2D eigenvalue weighted by Crippen LogP contribution is -1.99. The molecule has 1 aliphatic heterocycles. The highest BCUT2D eigenvalue weighted by Crippen LogP contribution is 2.44. The zero-order chi connectivity index (χ0) is 19.6. The van der Waals surface area contributed by atoms with E-state index in [1.54, 1.807) is 6.08 Å². The molecular weight excluding hydrogens is 363 g/mol. The highest BCUT2D eigenvalue weighted by molar-refractivity contribution is 7.47. The maximum atomic E-state index is 11.5. The molecule has 0 aromatic carbocycles. The van der Waals surface area contributed by atoms with E-state index >= 15 is 0 Å². The van der Waals surface area contributed by atoms with Crippen LogP contribution in [-0.4, -0.2) is 24.2 Å². The molecule has 2 unspecified atom stereocenters. The van der Waals surface area contributed by atoms with Crippen LogP contribution in [0.3, 0.4) is 0 Å². The zero-order valence-corrected chi connectivity index (χ0v) is 18.2. The number of phosphoric ester groups is 1. The second-order valence-corrected chi connectivity index (χ2v) is 8.99. The molecule has 1 rings (SSSR count). The molecule has 0 spiro atoms. The quantitative estimate of drug-likeness (QED) is 0.103. The first-order valence-electron chi connectivity index (χ1n) is 11.1. The first-order chi connectivity index (χ1) is 13.1. The van der Waals surface area contributed by atoms with Crippen LogP contribution < -0.4 is 0 Å². The van der Waals surface area contributed by atoms with Crippen molar-refractivity contribution in [3.05, 3.63) is 12.3 Å². The van der Waals surface area contributed by atoms with Gasteiger partial charge in [-0.1, -0.05) is 90.4 Å². The van der Waals surface area contributed by atoms with Gasteiger partial charge in [0.2, 0.25) is 0 Å². The molecule has 0 amide bonds. The lowest BCUT2D eigenvalue weighted by atomic mass is 10.0. The number of hydrogen-bond donors (Lipinski definition) is 1. The van der Waals surface area contributed by atoms with Crippen LogP contribution in [0.1, 0.15) is 103 Å². The number of hydrogen-bond acceptors (Lipinski definition) is 4. The first kappa shape index (κ1) is 24.7. The summed E-state index contributed by atoms with van der Waals surface area (Å²) in [6.45, 7) is 2.97. The highest BCUT2D eigenvalue weighted by Gasteiger charge is 2.29. The SMILES string of the molecule is CCCCCCCCCCCCCCCCC=COP(=O)(O)OCC1CO1. The van der Waals surface area contributed by atoms with Crippen LogP contribution in [0.15, 0.2) is 12.3 Å². The first-order valence-corrected chi connectivity index (χ1v) is 12.6. The van der Waals surface area contributed by atoms with E-state index in [1.165, 1.54) is 89.7 Å².